The molecular formula is C24H23N3O3S2. The van der Waals surface area contributed by atoms with Crippen molar-refractivity contribution in [2.24, 2.45) is 0 Å². The Labute approximate surface area is 196 Å². The number of para-hydroxylation sites is 1. The summed E-state index contributed by atoms with van der Waals surface area (Å²) >= 11 is 6.61. The van der Waals surface area contributed by atoms with Gasteiger partial charge in [-0.25, -0.2) is 0 Å². The van der Waals surface area contributed by atoms with Gasteiger partial charge >= 0.3 is 0 Å². The number of carbonyl (C=O) groups is 2. The number of fused-ring (bicyclic) bond motifs is 1. The second kappa shape index (κ2) is 9.58. The first-order valence-electron chi connectivity index (χ1n) is 10.2. The summed E-state index contributed by atoms with van der Waals surface area (Å²) in [5.41, 5.74) is 3.08. The molecule has 1 atom stereocenters. The average molecular weight is 466 g/mol. The first-order valence-corrected chi connectivity index (χ1v) is 11.4. The number of hydrogen-bond acceptors (Lipinski definition) is 5. The van der Waals surface area contributed by atoms with E-state index in [2.05, 4.69) is 16.4 Å². The van der Waals surface area contributed by atoms with Crippen LogP contribution in [0, 0.1) is 0 Å². The van der Waals surface area contributed by atoms with E-state index in [-0.39, 0.29) is 11.8 Å². The Morgan fingerprint density at radius 3 is 2.75 bits per heavy atom. The number of thioether (sulfide) groups is 1. The van der Waals surface area contributed by atoms with Crippen molar-refractivity contribution in [1.82, 2.24) is 15.2 Å². The molecule has 32 heavy (non-hydrogen) atoms. The predicted molar refractivity (Wildman–Crippen MR) is 132 cm³/mol. The van der Waals surface area contributed by atoms with Crippen LogP contribution < -0.4 is 10.1 Å². The van der Waals surface area contributed by atoms with Gasteiger partial charge in [0.1, 0.15) is 16.1 Å². The Morgan fingerprint density at radius 2 is 2.00 bits per heavy atom. The number of aromatic nitrogens is 1. The predicted octanol–water partition coefficient (Wildman–Crippen LogP) is 4.13. The molecule has 0 radical (unpaired) electrons. The summed E-state index contributed by atoms with van der Waals surface area (Å²) < 4.78 is 5.54. The van der Waals surface area contributed by atoms with Crippen LogP contribution in [-0.4, -0.2) is 45.7 Å². The van der Waals surface area contributed by atoms with Crippen LogP contribution >= 0.6 is 24.0 Å². The minimum atomic E-state index is -0.688. The van der Waals surface area contributed by atoms with Gasteiger partial charge in [-0.2, -0.15) is 0 Å². The fourth-order valence-electron chi connectivity index (χ4n) is 3.59. The molecule has 4 rings (SSSR count). The largest absolute Gasteiger partial charge is 0.497 e. The monoisotopic (exact) mass is 465 g/mol. The van der Waals surface area contributed by atoms with E-state index in [1.54, 1.807) is 20.1 Å². The molecule has 2 N–H and O–H groups in total. The Bertz CT molecular complexity index is 1200. The third-order valence-electron chi connectivity index (χ3n) is 5.37. The van der Waals surface area contributed by atoms with Crippen molar-refractivity contribution in [3.63, 3.8) is 0 Å². The lowest BCUT2D eigenvalue weighted by Gasteiger charge is -2.22. The molecule has 1 aliphatic rings. The number of thiocarbonyl (C=S) groups is 1. The smallest absolute Gasteiger partial charge is 0.266 e. The quantitative estimate of drug-likeness (QED) is 0.406. The zero-order valence-electron chi connectivity index (χ0n) is 17.8. The second-order valence-electron chi connectivity index (χ2n) is 7.40. The zero-order valence-corrected chi connectivity index (χ0v) is 19.4. The van der Waals surface area contributed by atoms with E-state index in [4.69, 9.17) is 17.0 Å². The molecule has 2 amide bonds. The summed E-state index contributed by atoms with van der Waals surface area (Å²) in [6.45, 7) is 2.17. The Balaban J connectivity index is 1.37. The Morgan fingerprint density at radius 1 is 1.25 bits per heavy atom. The van der Waals surface area contributed by atoms with Crippen molar-refractivity contribution in [3.8, 4) is 5.75 Å². The highest BCUT2D eigenvalue weighted by atomic mass is 32.2. The van der Waals surface area contributed by atoms with Gasteiger partial charge in [-0.15, -0.1) is 0 Å². The number of nitrogens with zero attached hydrogens (tertiary/aromatic N) is 1. The van der Waals surface area contributed by atoms with Crippen LogP contribution in [0.4, 0.5) is 0 Å². The fourth-order valence-corrected chi connectivity index (χ4v) is 5.01. The number of methoxy groups -OCH3 is 1. The topological polar surface area (TPSA) is 74.4 Å². The van der Waals surface area contributed by atoms with E-state index in [1.165, 1.54) is 16.7 Å². The molecule has 0 aliphatic carbocycles. The van der Waals surface area contributed by atoms with E-state index in [1.807, 2.05) is 48.7 Å². The SMILES string of the molecule is COc1ccc(/C=C2\SC(=S)N([C@H](C)C(=O)NCCc3c[nH]c4ccccc34)C2=O)cc1. The van der Waals surface area contributed by atoms with E-state index >= 15 is 0 Å². The van der Waals surface area contributed by atoms with Gasteiger partial charge in [-0.3, -0.25) is 14.5 Å². The van der Waals surface area contributed by atoms with Crippen molar-refractivity contribution < 1.29 is 14.3 Å². The second-order valence-corrected chi connectivity index (χ2v) is 9.08. The minimum Gasteiger partial charge on any atom is -0.497 e. The number of ether oxygens (including phenoxy) is 1. The van der Waals surface area contributed by atoms with Crippen molar-refractivity contribution in [1.29, 1.82) is 0 Å². The standard InChI is InChI=1S/C24H23N3O3S2/c1-15(22(28)25-12-11-17-14-26-20-6-4-3-5-19(17)20)27-23(29)21(32-24(27)31)13-16-7-9-18(30-2)10-8-16/h3-10,13-15,26H,11-12H2,1-2H3,(H,25,28)/b21-13-/t15-/m1/s1. The third-order valence-corrected chi connectivity index (χ3v) is 6.70. The van der Waals surface area contributed by atoms with E-state index in [0.29, 0.717) is 22.2 Å². The molecule has 0 bridgehead atoms. The maximum absolute atomic E-state index is 12.9. The van der Waals surface area contributed by atoms with Crippen molar-refractivity contribution in [3.05, 3.63) is 70.8 Å². The summed E-state index contributed by atoms with van der Waals surface area (Å²) in [6.07, 6.45) is 4.44. The summed E-state index contributed by atoms with van der Waals surface area (Å²) in [6, 6.07) is 14.8. The molecule has 0 spiro atoms. The van der Waals surface area contributed by atoms with Crippen molar-refractivity contribution in [2.45, 2.75) is 19.4 Å². The lowest BCUT2D eigenvalue weighted by atomic mass is 10.1. The highest BCUT2D eigenvalue weighted by Gasteiger charge is 2.38. The van der Waals surface area contributed by atoms with Crippen LogP contribution in [-0.2, 0) is 16.0 Å². The zero-order chi connectivity index (χ0) is 22.7. The van der Waals surface area contributed by atoms with Gasteiger partial charge in [-0.05, 0) is 48.7 Å². The van der Waals surface area contributed by atoms with Crippen LogP contribution in [0.15, 0.2) is 59.6 Å². The summed E-state index contributed by atoms with van der Waals surface area (Å²) in [7, 11) is 1.60. The highest BCUT2D eigenvalue weighted by molar-refractivity contribution is 8.26. The number of amides is 2. The maximum Gasteiger partial charge on any atom is 0.266 e. The van der Waals surface area contributed by atoms with Gasteiger partial charge in [0, 0.05) is 23.6 Å². The van der Waals surface area contributed by atoms with Crippen LogP contribution in [0.25, 0.3) is 17.0 Å². The lowest BCUT2D eigenvalue weighted by Crippen LogP contribution is -2.47. The molecule has 164 valence electrons. The van der Waals surface area contributed by atoms with Gasteiger partial charge in [0.05, 0.1) is 12.0 Å². The van der Waals surface area contributed by atoms with Gasteiger partial charge in [-0.1, -0.05) is 54.3 Å². The number of benzene rings is 2. The van der Waals surface area contributed by atoms with Gasteiger partial charge in [0.25, 0.3) is 5.91 Å². The molecule has 3 aromatic rings. The number of hydrogen-bond donors (Lipinski definition) is 2. The molecule has 0 unspecified atom stereocenters. The Kier molecular flexibility index (Phi) is 6.62. The highest BCUT2D eigenvalue weighted by Crippen LogP contribution is 2.34. The fraction of sp³-hybridized carbons (Fsp3) is 0.208. The van der Waals surface area contributed by atoms with Crippen LogP contribution in [0.5, 0.6) is 5.75 Å². The number of rotatable bonds is 7. The molecule has 1 saturated heterocycles. The summed E-state index contributed by atoms with van der Waals surface area (Å²) in [4.78, 5) is 30.8. The first-order chi connectivity index (χ1) is 15.5. The Hall–Kier alpha value is -3.10. The third kappa shape index (κ3) is 4.56. The van der Waals surface area contributed by atoms with E-state index in [0.717, 1.165) is 27.8 Å². The first kappa shape index (κ1) is 22.1. The van der Waals surface area contributed by atoms with Crippen LogP contribution in [0.3, 0.4) is 0 Å². The summed E-state index contributed by atoms with van der Waals surface area (Å²) in [5, 5.41) is 4.08. The van der Waals surface area contributed by atoms with Gasteiger partial charge in [0.2, 0.25) is 5.91 Å². The lowest BCUT2D eigenvalue weighted by molar-refractivity contribution is -0.132. The maximum atomic E-state index is 12.9. The van der Waals surface area contributed by atoms with Crippen LogP contribution in [0.2, 0.25) is 0 Å². The minimum absolute atomic E-state index is 0.230. The molecule has 8 heteroatoms. The van der Waals surface area contributed by atoms with Crippen molar-refractivity contribution >= 4 is 57.1 Å². The molecule has 2 aromatic carbocycles. The molecule has 2 heterocycles. The van der Waals surface area contributed by atoms with Crippen LogP contribution in [0.1, 0.15) is 18.1 Å². The molecule has 0 saturated carbocycles. The molecule has 6 nitrogen and oxygen atoms in total. The van der Waals surface area contributed by atoms with Gasteiger partial charge in [0.15, 0.2) is 0 Å². The molecular weight excluding hydrogens is 442 g/mol. The number of carbonyl (C=O) groups excluding carboxylic acids is 2. The summed E-state index contributed by atoms with van der Waals surface area (Å²) in [5.74, 6) is 0.259. The molecule has 1 aromatic heterocycles. The number of aromatic amines is 1. The number of nitrogens with one attached hydrogen (secondary N) is 2. The molecule has 1 fully saturated rings. The number of H-pyrrole nitrogens is 1. The van der Waals surface area contributed by atoms with Gasteiger partial charge < -0.3 is 15.0 Å². The average Bonchev–Trinajstić information content (AvgIpc) is 3.34. The normalized spacial score (nSPS) is 16.1. The van der Waals surface area contributed by atoms with E-state index in [9.17, 15) is 9.59 Å². The van der Waals surface area contributed by atoms with E-state index < -0.39 is 6.04 Å². The van der Waals surface area contributed by atoms with Crippen molar-refractivity contribution in [2.75, 3.05) is 13.7 Å². The molecule has 1 aliphatic heterocycles.